The molecule has 0 saturated carbocycles. The maximum absolute atomic E-state index is 12.5. The Labute approximate surface area is 158 Å². The Hall–Kier alpha value is -2.65. The highest BCUT2D eigenvalue weighted by molar-refractivity contribution is 7.89. The number of amides is 1. The molecule has 9 heteroatoms. The van der Waals surface area contributed by atoms with E-state index in [9.17, 15) is 18.0 Å². The van der Waals surface area contributed by atoms with Crippen LogP contribution in [-0.4, -0.2) is 38.4 Å². The second-order valence-electron chi connectivity index (χ2n) is 6.04. The summed E-state index contributed by atoms with van der Waals surface area (Å²) >= 11 is 0. The average Bonchev–Trinajstić information content (AvgIpc) is 2.89. The molecule has 0 aliphatic heterocycles. The highest BCUT2D eigenvalue weighted by Crippen LogP contribution is 2.18. The molecule has 1 amide bonds. The van der Waals surface area contributed by atoms with Gasteiger partial charge in [-0.25, -0.2) is 18.4 Å². The third-order valence-electron chi connectivity index (χ3n) is 4.10. The van der Waals surface area contributed by atoms with Gasteiger partial charge in [0.1, 0.15) is 5.69 Å². The highest BCUT2D eigenvalue weighted by atomic mass is 32.2. The molecule has 0 radical (unpaired) electrons. The van der Waals surface area contributed by atoms with Crippen LogP contribution in [0.2, 0.25) is 0 Å². The molecule has 1 heterocycles. The fourth-order valence-electron chi connectivity index (χ4n) is 2.75. The lowest BCUT2D eigenvalue weighted by Gasteiger charge is -2.07. The van der Waals surface area contributed by atoms with E-state index < -0.39 is 16.0 Å². The summed E-state index contributed by atoms with van der Waals surface area (Å²) in [6.07, 6.45) is 0.518. The first kappa shape index (κ1) is 20.7. The molecule has 8 nitrogen and oxygen atoms in total. The molecular formula is C18H23N3O5S. The number of aryl methyl sites for hydroxylation is 1. The van der Waals surface area contributed by atoms with Crippen molar-refractivity contribution in [3.8, 4) is 0 Å². The van der Waals surface area contributed by atoms with Crippen LogP contribution in [0.3, 0.4) is 0 Å². The third-order valence-corrected chi connectivity index (χ3v) is 5.02. The minimum atomic E-state index is -3.72. The largest absolute Gasteiger partial charge is 0.461 e. The van der Waals surface area contributed by atoms with Gasteiger partial charge in [0.25, 0.3) is 5.91 Å². The summed E-state index contributed by atoms with van der Waals surface area (Å²) < 4.78 is 27.5. The first-order valence-electron chi connectivity index (χ1n) is 8.41. The van der Waals surface area contributed by atoms with E-state index in [1.807, 2.05) is 0 Å². The van der Waals surface area contributed by atoms with Crippen LogP contribution in [-0.2, 0) is 21.2 Å². The smallest absolute Gasteiger partial charge is 0.355 e. The standard InChI is InChI=1S/C18H23N3O5S/c1-4-26-18(23)16-11(2)15(12(3)21-16)17(22)20-10-9-13-5-7-14(8-6-13)27(19,24)25/h5-8,21H,4,9-10H2,1-3H3,(H,20,22)(H2,19,24,25). The number of carbonyl (C=O) groups is 2. The summed E-state index contributed by atoms with van der Waals surface area (Å²) in [5.41, 5.74) is 2.68. The van der Waals surface area contributed by atoms with Gasteiger partial charge in [-0.3, -0.25) is 4.79 Å². The molecule has 1 aromatic heterocycles. The third kappa shape index (κ3) is 4.95. The number of H-pyrrole nitrogens is 1. The van der Waals surface area contributed by atoms with Crippen molar-refractivity contribution in [2.75, 3.05) is 13.2 Å². The van der Waals surface area contributed by atoms with E-state index in [-0.39, 0.29) is 23.1 Å². The molecule has 2 aromatic rings. The minimum Gasteiger partial charge on any atom is -0.461 e. The molecule has 146 valence electrons. The predicted octanol–water partition coefficient (Wildman–Crippen LogP) is 1.43. The number of rotatable bonds is 7. The van der Waals surface area contributed by atoms with Gasteiger partial charge in [-0.05, 0) is 50.5 Å². The van der Waals surface area contributed by atoms with Crippen molar-refractivity contribution >= 4 is 21.9 Å². The van der Waals surface area contributed by atoms with Crippen LogP contribution in [0, 0.1) is 13.8 Å². The first-order chi connectivity index (χ1) is 12.6. The molecule has 0 fully saturated rings. The fraction of sp³-hybridized carbons (Fsp3) is 0.333. The molecule has 2 rings (SSSR count). The summed E-state index contributed by atoms with van der Waals surface area (Å²) in [6, 6.07) is 6.16. The van der Waals surface area contributed by atoms with Gasteiger partial charge in [0, 0.05) is 12.2 Å². The van der Waals surface area contributed by atoms with Crippen LogP contribution in [0.1, 0.15) is 44.6 Å². The number of hydrogen-bond donors (Lipinski definition) is 3. The van der Waals surface area contributed by atoms with Gasteiger partial charge in [-0.1, -0.05) is 12.1 Å². The van der Waals surface area contributed by atoms with Crippen LogP contribution in [0.5, 0.6) is 0 Å². The van der Waals surface area contributed by atoms with Gasteiger partial charge in [0.2, 0.25) is 10.0 Å². The Kier molecular flexibility index (Phi) is 6.40. The zero-order chi connectivity index (χ0) is 20.2. The van der Waals surface area contributed by atoms with E-state index in [1.54, 1.807) is 32.9 Å². The number of nitrogens with two attached hydrogens (primary N) is 1. The average molecular weight is 393 g/mol. The Balaban J connectivity index is 2.01. The summed E-state index contributed by atoms with van der Waals surface area (Å²) in [7, 11) is -3.72. The number of benzene rings is 1. The zero-order valence-electron chi connectivity index (χ0n) is 15.5. The molecule has 0 atom stereocenters. The Morgan fingerprint density at radius 2 is 1.81 bits per heavy atom. The number of carbonyl (C=O) groups excluding carboxylic acids is 2. The van der Waals surface area contributed by atoms with Crippen LogP contribution >= 0.6 is 0 Å². The molecule has 1 aromatic carbocycles. The predicted molar refractivity (Wildman–Crippen MR) is 100 cm³/mol. The number of ether oxygens (including phenoxy) is 1. The molecule has 0 unspecified atom stereocenters. The summed E-state index contributed by atoms with van der Waals surface area (Å²) in [4.78, 5) is 27.3. The van der Waals surface area contributed by atoms with Crippen molar-refractivity contribution in [3.05, 3.63) is 52.3 Å². The van der Waals surface area contributed by atoms with Crippen molar-refractivity contribution < 1.29 is 22.7 Å². The summed E-state index contributed by atoms with van der Waals surface area (Å²) in [6.45, 7) is 5.73. The molecule has 0 aliphatic carbocycles. The lowest BCUT2D eigenvalue weighted by molar-refractivity contribution is 0.0519. The van der Waals surface area contributed by atoms with E-state index in [2.05, 4.69) is 10.3 Å². The number of aromatic nitrogens is 1. The van der Waals surface area contributed by atoms with Crippen molar-refractivity contribution in [1.29, 1.82) is 0 Å². The Morgan fingerprint density at radius 3 is 2.37 bits per heavy atom. The van der Waals surface area contributed by atoms with Crippen LogP contribution in [0.25, 0.3) is 0 Å². The van der Waals surface area contributed by atoms with E-state index >= 15 is 0 Å². The molecule has 0 saturated heterocycles. The lowest BCUT2D eigenvalue weighted by atomic mass is 10.1. The number of hydrogen-bond acceptors (Lipinski definition) is 5. The van der Waals surface area contributed by atoms with E-state index in [4.69, 9.17) is 9.88 Å². The molecule has 0 aliphatic rings. The van der Waals surface area contributed by atoms with E-state index in [0.29, 0.717) is 29.8 Å². The van der Waals surface area contributed by atoms with Gasteiger partial charge in [0.15, 0.2) is 0 Å². The lowest BCUT2D eigenvalue weighted by Crippen LogP contribution is -2.26. The van der Waals surface area contributed by atoms with E-state index in [0.717, 1.165) is 5.56 Å². The van der Waals surface area contributed by atoms with Gasteiger partial charge in [-0.2, -0.15) is 0 Å². The number of esters is 1. The SMILES string of the molecule is CCOC(=O)c1[nH]c(C)c(C(=O)NCCc2ccc(S(N)(=O)=O)cc2)c1C. The van der Waals surface area contributed by atoms with Gasteiger partial charge < -0.3 is 15.0 Å². The topological polar surface area (TPSA) is 131 Å². The van der Waals surface area contributed by atoms with Crippen molar-refractivity contribution in [1.82, 2.24) is 10.3 Å². The zero-order valence-corrected chi connectivity index (χ0v) is 16.3. The normalized spacial score (nSPS) is 11.3. The van der Waals surface area contributed by atoms with Gasteiger partial charge >= 0.3 is 5.97 Å². The monoisotopic (exact) mass is 393 g/mol. The number of primary sulfonamides is 1. The maximum atomic E-state index is 12.5. The second kappa shape index (κ2) is 8.36. The fourth-order valence-corrected chi connectivity index (χ4v) is 3.27. The number of sulfonamides is 1. The van der Waals surface area contributed by atoms with Crippen LogP contribution in [0.4, 0.5) is 0 Å². The first-order valence-corrected chi connectivity index (χ1v) is 9.96. The Bertz CT molecular complexity index is 946. The van der Waals surface area contributed by atoms with Crippen LogP contribution < -0.4 is 10.5 Å². The molecule has 27 heavy (non-hydrogen) atoms. The van der Waals surface area contributed by atoms with Crippen molar-refractivity contribution in [3.63, 3.8) is 0 Å². The van der Waals surface area contributed by atoms with Gasteiger partial charge in [0.05, 0.1) is 17.1 Å². The minimum absolute atomic E-state index is 0.0420. The maximum Gasteiger partial charge on any atom is 0.355 e. The van der Waals surface area contributed by atoms with Gasteiger partial charge in [-0.15, -0.1) is 0 Å². The second-order valence-corrected chi connectivity index (χ2v) is 7.60. The molecule has 4 N–H and O–H groups in total. The van der Waals surface area contributed by atoms with E-state index in [1.165, 1.54) is 12.1 Å². The number of aromatic amines is 1. The van der Waals surface area contributed by atoms with Crippen molar-refractivity contribution in [2.24, 2.45) is 5.14 Å². The van der Waals surface area contributed by atoms with Crippen LogP contribution in [0.15, 0.2) is 29.2 Å². The number of nitrogens with one attached hydrogen (secondary N) is 2. The van der Waals surface area contributed by atoms with Crippen molar-refractivity contribution in [2.45, 2.75) is 32.1 Å². The molecular weight excluding hydrogens is 370 g/mol. The molecule has 0 bridgehead atoms. The summed E-state index contributed by atoms with van der Waals surface area (Å²) in [5, 5.41) is 7.87. The Morgan fingerprint density at radius 1 is 1.19 bits per heavy atom. The summed E-state index contributed by atoms with van der Waals surface area (Å²) in [5.74, 6) is -0.787. The molecule has 0 spiro atoms. The highest BCUT2D eigenvalue weighted by Gasteiger charge is 2.22. The quantitative estimate of drug-likeness (QED) is 0.612.